The number of halogens is 5. The minimum absolute atomic E-state index is 0.00978. The van der Waals surface area contributed by atoms with Gasteiger partial charge in [-0.25, -0.2) is 8.42 Å². The summed E-state index contributed by atoms with van der Waals surface area (Å²) in [7, 11) is -4.28. The lowest BCUT2D eigenvalue weighted by Crippen LogP contribution is -2.46. The number of carbonyl (C=O) groups is 1. The van der Waals surface area contributed by atoms with Crippen molar-refractivity contribution < 1.29 is 35.5 Å². The first-order chi connectivity index (χ1) is 17.8. The minimum Gasteiger partial charge on any atom is -0.471 e. The fraction of sp³-hybridized carbons (Fsp3) is 0.333. The predicted octanol–water partition coefficient (Wildman–Crippen LogP) is 4.08. The molecule has 1 aromatic heterocycles. The second-order valence-corrected chi connectivity index (χ2v) is 11.1. The summed E-state index contributed by atoms with van der Waals surface area (Å²) in [5, 5.41) is 3.91. The van der Waals surface area contributed by atoms with E-state index in [2.05, 4.69) is 5.10 Å². The molecule has 38 heavy (non-hydrogen) atoms. The molecule has 0 aliphatic carbocycles. The van der Waals surface area contributed by atoms with Crippen molar-refractivity contribution in [2.45, 2.75) is 37.7 Å². The van der Waals surface area contributed by atoms with Gasteiger partial charge in [0, 0.05) is 19.0 Å². The maximum absolute atomic E-state index is 15.8. The number of hydrogen-bond acceptors (Lipinski definition) is 6. The zero-order valence-corrected chi connectivity index (χ0v) is 21.5. The molecule has 8 nitrogen and oxygen atoms in total. The molecule has 0 radical (unpaired) electrons. The third kappa shape index (κ3) is 5.55. The highest BCUT2D eigenvalue weighted by molar-refractivity contribution is 7.88. The summed E-state index contributed by atoms with van der Waals surface area (Å²) >= 11 is 6.12. The first-order valence-corrected chi connectivity index (χ1v) is 13.6. The number of nitrogens with zero attached hydrogens (tertiary/aromatic N) is 3. The van der Waals surface area contributed by atoms with Crippen molar-refractivity contribution in [3.8, 4) is 5.88 Å². The summed E-state index contributed by atoms with van der Waals surface area (Å²) < 4.78 is 88.4. The van der Waals surface area contributed by atoms with E-state index >= 15 is 4.39 Å². The number of rotatable bonds is 7. The molecule has 3 aromatic rings. The molecule has 1 fully saturated rings. The molecule has 1 saturated heterocycles. The zero-order chi connectivity index (χ0) is 27.8. The van der Waals surface area contributed by atoms with Crippen LogP contribution in [0.1, 0.15) is 39.5 Å². The van der Waals surface area contributed by atoms with Gasteiger partial charge in [-0.15, -0.1) is 0 Å². The Kier molecular flexibility index (Phi) is 7.84. The van der Waals surface area contributed by atoms with E-state index in [4.69, 9.17) is 22.1 Å². The molecule has 2 atom stereocenters. The quantitative estimate of drug-likeness (QED) is 0.426. The molecule has 0 saturated carbocycles. The number of carbonyl (C=O) groups excluding carboxylic acids is 1. The van der Waals surface area contributed by atoms with Crippen LogP contribution in [-0.2, 0) is 23.2 Å². The van der Waals surface area contributed by atoms with Gasteiger partial charge in [0.1, 0.15) is 18.3 Å². The van der Waals surface area contributed by atoms with E-state index in [0.29, 0.717) is 23.0 Å². The Morgan fingerprint density at radius 2 is 1.79 bits per heavy atom. The van der Waals surface area contributed by atoms with E-state index in [1.807, 2.05) is 0 Å². The van der Waals surface area contributed by atoms with Crippen LogP contribution < -0.4 is 10.5 Å². The van der Waals surface area contributed by atoms with Crippen molar-refractivity contribution in [2.24, 2.45) is 5.73 Å². The molecule has 0 amide bonds. The van der Waals surface area contributed by atoms with Crippen molar-refractivity contribution in [2.75, 3.05) is 12.8 Å². The lowest BCUT2D eigenvalue weighted by molar-refractivity contribution is -0.168. The summed E-state index contributed by atoms with van der Waals surface area (Å²) in [5.41, 5.74) is 6.17. The molecule has 0 spiro atoms. The van der Waals surface area contributed by atoms with Gasteiger partial charge >= 0.3 is 6.18 Å². The van der Waals surface area contributed by atoms with E-state index in [-0.39, 0.29) is 27.9 Å². The van der Waals surface area contributed by atoms with Crippen molar-refractivity contribution in [3.63, 3.8) is 0 Å². The molecule has 1 aliphatic heterocycles. The molecule has 2 unspecified atom stereocenters. The SMILES string of the molecule is CS(=O)(=O)N1CCC(c2nn(C(=O)c3ccccc3Cl)c(OCc3ccc(CN)cc3)c2F)C1C(F)(F)F. The Morgan fingerprint density at radius 1 is 1.16 bits per heavy atom. The largest absolute Gasteiger partial charge is 0.471 e. The van der Waals surface area contributed by atoms with E-state index in [0.717, 1.165) is 5.56 Å². The van der Waals surface area contributed by atoms with Crippen LogP contribution in [-0.4, -0.2) is 53.4 Å². The highest BCUT2D eigenvalue weighted by atomic mass is 35.5. The van der Waals surface area contributed by atoms with Gasteiger partial charge < -0.3 is 10.5 Å². The Balaban J connectivity index is 1.79. The summed E-state index contributed by atoms with van der Waals surface area (Å²) in [6.07, 6.45) is -4.75. The minimum atomic E-state index is -5.03. The smallest absolute Gasteiger partial charge is 0.405 e. The second kappa shape index (κ2) is 10.6. The molecular weight excluding hydrogens is 552 g/mol. The zero-order valence-electron chi connectivity index (χ0n) is 20.0. The maximum Gasteiger partial charge on any atom is 0.405 e. The van der Waals surface area contributed by atoms with Crippen LogP contribution in [0.2, 0.25) is 5.02 Å². The number of sulfonamides is 1. The Hall–Kier alpha value is -3.00. The number of aromatic nitrogens is 2. The van der Waals surface area contributed by atoms with Crippen LogP contribution in [0.3, 0.4) is 0 Å². The number of hydrogen-bond donors (Lipinski definition) is 1. The van der Waals surface area contributed by atoms with Crippen molar-refractivity contribution >= 4 is 27.5 Å². The van der Waals surface area contributed by atoms with Crippen molar-refractivity contribution in [3.05, 3.63) is 81.8 Å². The van der Waals surface area contributed by atoms with E-state index in [1.165, 1.54) is 18.2 Å². The molecule has 2 aromatic carbocycles. The van der Waals surface area contributed by atoms with Crippen molar-refractivity contribution in [1.29, 1.82) is 0 Å². The average molecular weight is 575 g/mol. The molecule has 4 rings (SSSR count). The fourth-order valence-corrected chi connectivity index (χ4v) is 5.72. The van der Waals surface area contributed by atoms with Crippen LogP contribution in [0.5, 0.6) is 5.88 Å². The monoisotopic (exact) mass is 574 g/mol. The summed E-state index contributed by atoms with van der Waals surface area (Å²) in [4.78, 5) is 13.3. The number of alkyl halides is 3. The lowest BCUT2D eigenvalue weighted by Gasteiger charge is -2.27. The lowest BCUT2D eigenvalue weighted by atomic mass is 9.96. The molecule has 14 heteroatoms. The Bertz CT molecular complexity index is 1440. The van der Waals surface area contributed by atoms with Crippen LogP contribution >= 0.6 is 11.6 Å². The van der Waals surface area contributed by atoms with Crippen LogP contribution in [0.25, 0.3) is 0 Å². The van der Waals surface area contributed by atoms with Crippen LogP contribution in [0, 0.1) is 5.82 Å². The summed E-state index contributed by atoms with van der Waals surface area (Å²) in [6, 6.07) is 10.0. The molecule has 204 valence electrons. The number of nitrogens with two attached hydrogens (primary N) is 1. The van der Waals surface area contributed by atoms with Crippen LogP contribution in [0.15, 0.2) is 48.5 Å². The van der Waals surface area contributed by atoms with Gasteiger partial charge in [-0.05, 0) is 29.7 Å². The van der Waals surface area contributed by atoms with E-state index < -0.39 is 58.0 Å². The maximum atomic E-state index is 15.8. The first-order valence-electron chi connectivity index (χ1n) is 11.3. The highest BCUT2D eigenvalue weighted by Crippen LogP contribution is 2.45. The predicted molar refractivity (Wildman–Crippen MR) is 131 cm³/mol. The van der Waals surface area contributed by atoms with Crippen LogP contribution in [0.4, 0.5) is 17.6 Å². The highest BCUT2D eigenvalue weighted by Gasteiger charge is 2.56. The molecule has 2 heterocycles. The van der Waals surface area contributed by atoms with Gasteiger partial charge in [0.15, 0.2) is 0 Å². The molecule has 2 N–H and O–H groups in total. The first kappa shape index (κ1) is 28.0. The number of benzene rings is 2. The van der Waals surface area contributed by atoms with E-state index in [9.17, 15) is 26.4 Å². The molecule has 1 aliphatic rings. The van der Waals surface area contributed by atoms with Gasteiger partial charge in [-0.2, -0.15) is 31.6 Å². The van der Waals surface area contributed by atoms with Gasteiger partial charge in [0.2, 0.25) is 15.8 Å². The van der Waals surface area contributed by atoms with Gasteiger partial charge in [-0.1, -0.05) is 48.0 Å². The normalized spacial score (nSPS) is 18.6. The molecular formula is C24H23ClF4N4O4S. The van der Waals surface area contributed by atoms with Gasteiger partial charge in [0.05, 0.1) is 16.8 Å². The second-order valence-electron chi connectivity index (χ2n) is 8.77. The standard InChI is InChI=1S/C24H23ClF4N4O4S/c1-38(35,36)32-11-10-17(21(32)24(27,28)29)20-19(26)23(37-13-15-8-6-14(12-30)7-9-15)33(31-20)22(34)16-4-2-3-5-18(16)25/h2-9,17,21H,10-13,30H2,1H3. The summed E-state index contributed by atoms with van der Waals surface area (Å²) in [5.74, 6) is -4.66. The summed E-state index contributed by atoms with van der Waals surface area (Å²) in [6.45, 7) is -0.446. The van der Waals surface area contributed by atoms with Crippen molar-refractivity contribution in [1.82, 2.24) is 14.1 Å². The average Bonchev–Trinajstić information content (AvgIpc) is 3.45. The fourth-order valence-electron chi connectivity index (χ4n) is 4.38. The third-order valence-electron chi connectivity index (χ3n) is 6.21. The third-order valence-corrected chi connectivity index (χ3v) is 7.80. The number of ether oxygens (including phenoxy) is 1. The van der Waals surface area contributed by atoms with E-state index in [1.54, 1.807) is 30.3 Å². The topological polar surface area (TPSA) is 108 Å². The van der Waals surface area contributed by atoms with Gasteiger partial charge in [-0.3, -0.25) is 4.79 Å². The van der Waals surface area contributed by atoms with Gasteiger partial charge in [0.25, 0.3) is 11.8 Å². The molecule has 0 bridgehead atoms. The Morgan fingerprint density at radius 3 is 2.37 bits per heavy atom. The Labute approximate surface area is 221 Å².